The molecule has 0 radical (unpaired) electrons. The summed E-state index contributed by atoms with van der Waals surface area (Å²) in [6, 6.07) is 8.75. The van der Waals surface area contributed by atoms with Gasteiger partial charge in [0.25, 0.3) is 5.91 Å². The Morgan fingerprint density at radius 1 is 1.12 bits per heavy atom. The summed E-state index contributed by atoms with van der Waals surface area (Å²) in [5.74, 6) is 2.07. The van der Waals surface area contributed by atoms with Gasteiger partial charge in [-0.15, -0.1) is 0 Å². The highest BCUT2D eigenvalue weighted by molar-refractivity contribution is 7.22. The van der Waals surface area contributed by atoms with Crippen molar-refractivity contribution in [3.05, 3.63) is 35.9 Å². The van der Waals surface area contributed by atoms with Crippen molar-refractivity contribution >= 4 is 32.6 Å². The third-order valence-electron chi connectivity index (χ3n) is 3.92. The Balaban J connectivity index is 1.63. The first-order valence-corrected chi connectivity index (χ1v) is 8.73. The summed E-state index contributed by atoms with van der Waals surface area (Å²) in [5.41, 5.74) is 1.12. The fraction of sp³-hybridized carbons (Fsp3) is 0.222. The predicted octanol–water partition coefficient (Wildman–Crippen LogP) is 3.34. The lowest BCUT2D eigenvalue weighted by atomic mass is 10.1. The number of benzene rings is 2. The number of hydrogen-bond acceptors (Lipinski definition) is 7. The molecule has 0 unspecified atom stereocenters. The average molecular weight is 372 g/mol. The van der Waals surface area contributed by atoms with E-state index in [1.165, 1.54) is 18.4 Å². The third kappa shape index (κ3) is 2.99. The standard InChI is InChI=1S/C18H16N2O5S/c1-22-10-3-4-13(23-2)11(7-10)17(21)20-18-19-12-8-14-15(9-16(12)26-18)25-6-5-24-14/h3-4,7-9H,5-6H2,1-2H3,(H,19,20,21). The molecular weight excluding hydrogens is 356 g/mol. The molecule has 0 fully saturated rings. The molecule has 0 atom stereocenters. The van der Waals surface area contributed by atoms with Gasteiger partial charge in [0.05, 0.1) is 30.0 Å². The lowest BCUT2D eigenvalue weighted by molar-refractivity contribution is 0.102. The van der Waals surface area contributed by atoms with E-state index in [1.54, 1.807) is 25.3 Å². The molecule has 1 aromatic heterocycles. The van der Waals surface area contributed by atoms with Crippen molar-refractivity contribution in [1.29, 1.82) is 0 Å². The molecule has 0 bridgehead atoms. The first-order chi connectivity index (χ1) is 12.7. The zero-order chi connectivity index (χ0) is 18.1. The van der Waals surface area contributed by atoms with E-state index in [-0.39, 0.29) is 5.91 Å². The van der Waals surface area contributed by atoms with Crippen LogP contribution < -0.4 is 24.3 Å². The Hall–Kier alpha value is -3.00. The van der Waals surface area contributed by atoms with Gasteiger partial charge in [-0.3, -0.25) is 10.1 Å². The topological polar surface area (TPSA) is 78.9 Å². The molecule has 0 aliphatic carbocycles. The molecule has 0 spiro atoms. The highest BCUT2D eigenvalue weighted by Gasteiger charge is 2.18. The van der Waals surface area contributed by atoms with Gasteiger partial charge in [-0.1, -0.05) is 11.3 Å². The number of methoxy groups -OCH3 is 2. The number of nitrogens with zero attached hydrogens (tertiary/aromatic N) is 1. The maximum Gasteiger partial charge on any atom is 0.261 e. The number of fused-ring (bicyclic) bond motifs is 2. The molecule has 26 heavy (non-hydrogen) atoms. The monoisotopic (exact) mass is 372 g/mol. The second-order valence-electron chi connectivity index (χ2n) is 5.50. The van der Waals surface area contributed by atoms with Crippen LogP contribution in [0.5, 0.6) is 23.0 Å². The van der Waals surface area contributed by atoms with Crippen molar-refractivity contribution in [3.8, 4) is 23.0 Å². The number of thiazole rings is 1. The molecule has 1 N–H and O–H groups in total. The van der Waals surface area contributed by atoms with Crippen LogP contribution in [0.1, 0.15) is 10.4 Å². The Morgan fingerprint density at radius 3 is 2.62 bits per heavy atom. The van der Waals surface area contributed by atoms with E-state index >= 15 is 0 Å². The number of ether oxygens (including phenoxy) is 4. The second kappa shape index (κ2) is 6.72. The van der Waals surface area contributed by atoms with Gasteiger partial charge >= 0.3 is 0 Å². The zero-order valence-corrected chi connectivity index (χ0v) is 15.0. The maximum absolute atomic E-state index is 12.7. The number of nitrogens with one attached hydrogen (secondary N) is 1. The van der Waals surface area contributed by atoms with Crippen LogP contribution in [-0.2, 0) is 0 Å². The maximum atomic E-state index is 12.7. The summed E-state index contributed by atoms with van der Waals surface area (Å²) in [7, 11) is 3.06. The molecule has 0 saturated carbocycles. The van der Waals surface area contributed by atoms with Crippen LogP contribution in [0, 0.1) is 0 Å². The van der Waals surface area contributed by atoms with Gasteiger partial charge in [0, 0.05) is 12.1 Å². The van der Waals surface area contributed by atoms with Gasteiger partial charge in [0.15, 0.2) is 16.6 Å². The van der Waals surface area contributed by atoms with Gasteiger partial charge in [-0.25, -0.2) is 4.98 Å². The van der Waals surface area contributed by atoms with E-state index in [4.69, 9.17) is 18.9 Å². The van der Waals surface area contributed by atoms with Crippen LogP contribution in [0.2, 0.25) is 0 Å². The first kappa shape index (κ1) is 16.5. The minimum atomic E-state index is -0.322. The van der Waals surface area contributed by atoms with Gasteiger partial charge in [0.2, 0.25) is 0 Å². The molecule has 8 heteroatoms. The second-order valence-corrected chi connectivity index (χ2v) is 6.53. The number of anilines is 1. The summed E-state index contributed by atoms with van der Waals surface area (Å²) in [5, 5.41) is 3.30. The largest absolute Gasteiger partial charge is 0.497 e. The normalized spacial score (nSPS) is 12.7. The van der Waals surface area contributed by atoms with Crippen molar-refractivity contribution in [2.75, 3.05) is 32.8 Å². The molecule has 0 saturated heterocycles. The number of carbonyl (C=O) groups excluding carboxylic acids is 1. The number of amides is 1. The SMILES string of the molecule is COc1ccc(OC)c(C(=O)Nc2nc3cc4c(cc3s2)OCCO4)c1. The van der Waals surface area contributed by atoms with Crippen LogP contribution in [0.25, 0.3) is 10.2 Å². The quantitative estimate of drug-likeness (QED) is 0.757. The fourth-order valence-corrected chi connectivity index (χ4v) is 3.55. The summed E-state index contributed by atoms with van der Waals surface area (Å²) in [4.78, 5) is 17.1. The lowest BCUT2D eigenvalue weighted by Crippen LogP contribution is -2.15. The van der Waals surface area contributed by atoms with Crippen molar-refractivity contribution in [2.45, 2.75) is 0 Å². The number of hydrogen-bond donors (Lipinski definition) is 1. The summed E-state index contributed by atoms with van der Waals surface area (Å²) in [6.07, 6.45) is 0. The van der Waals surface area contributed by atoms with E-state index in [1.807, 2.05) is 12.1 Å². The minimum absolute atomic E-state index is 0.322. The van der Waals surface area contributed by atoms with E-state index in [0.29, 0.717) is 46.9 Å². The minimum Gasteiger partial charge on any atom is -0.497 e. The Bertz CT molecular complexity index is 942. The van der Waals surface area contributed by atoms with Gasteiger partial charge < -0.3 is 18.9 Å². The Kier molecular flexibility index (Phi) is 4.26. The van der Waals surface area contributed by atoms with Crippen molar-refractivity contribution < 1.29 is 23.7 Å². The van der Waals surface area contributed by atoms with Crippen LogP contribution in [0.4, 0.5) is 5.13 Å². The zero-order valence-electron chi connectivity index (χ0n) is 14.2. The third-order valence-corrected chi connectivity index (χ3v) is 4.86. The molecule has 3 aromatic rings. The summed E-state index contributed by atoms with van der Waals surface area (Å²) < 4.78 is 22.5. The van der Waals surface area contributed by atoms with Crippen LogP contribution in [-0.4, -0.2) is 38.3 Å². The molecule has 134 valence electrons. The van der Waals surface area contributed by atoms with E-state index in [0.717, 1.165) is 10.2 Å². The van der Waals surface area contributed by atoms with Crippen molar-refractivity contribution in [2.24, 2.45) is 0 Å². The summed E-state index contributed by atoms with van der Waals surface area (Å²) in [6.45, 7) is 1.04. The Morgan fingerprint density at radius 2 is 1.88 bits per heavy atom. The van der Waals surface area contributed by atoms with E-state index in [9.17, 15) is 4.79 Å². The molecule has 2 heterocycles. The van der Waals surface area contributed by atoms with Gasteiger partial charge in [-0.05, 0) is 18.2 Å². The molecule has 1 aliphatic rings. The number of carbonyl (C=O) groups is 1. The van der Waals surface area contributed by atoms with Crippen molar-refractivity contribution in [1.82, 2.24) is 4.98 Å². The van der Waals surface area contributed by atoms with Crippen LogP contribution in [0.3, 0.4) is 0 Å². The Labute approximate surface area is 153 Å². The molecule has 1 amide bonds. The fourth-order valence-electron chi connectivity index (χ4n) is 2.67. The number of aromatic nitrogens is 1. The molecule has 1 aliphatic heterocycles. The van der Waals surface area contributed by atoms with Crippen molar-refractivity contribution in [3.63, 3.8) is 0 Å². The lowest BCUT2D eigenvalue weighted by Gasteiger charge is -2.17. The number of rotatable bonds is 4. The van der Waals surface area contributed by atoms with Gasteiger partial charge in [-0.2, -0.15) is 0 Å². The smallest absolute Gasteiger partial charge is 0.261 e. The highest BCUT2D eigenvalue weighted by Crippen LogP contribution is 2.38. The van der Waals surface area contributed by atoms with E-state index < -0.39 is 0 Å². The molecule has 7 nitrogen and oxygen atoms in total. The molecule has 4 rings (SSSR count). The van der Waals surface area contributed by atoms with E-state index in [2.05, 4.69) is 10.3 Å². The predicted molar refractivity (Wildman–Crippen MR) is 98.1 cm³/mol. The molecule has 2 aromatic carbocycles. The van der Waals surface area contributed by atoms with Gasteiger partial charge in [0.1, 0.15) is 24.7 Å². The molecular formula is C18H16N2O5S. The van der Waals surface area contributed by atoms with Crippen LogP contribution >= 0.6 is 11.3 Å². The van der Waals surface area contributed by atoms with Crippen LogP contribution in [0.15, 0.2) is 30.3 Å². The average Bonchev–Trinajstić information content (AvgIpc) is 3.06. The highest BCUT2D eigenvalue weighted by atomic mass is 32.1. The first-order valence-electron chi connectivity index (χ1n) is 7.91. The summed E-state index contributed by atoms with van der Waals surface area (Å²) >= 11 is 1.37.